The number of halogens is 1. The Bertz CT molecular complexity index is 499. The maximum Gasteiger partial charge on any atom is 0.409 e. The molecule has 0 radical (unpaired) electrons. The third-order valence-corrected chi connectivity index (χ3v) is 3.83. The summed E-state index contributed by atoms with van der Waals surface area (Å²) >= 11 is 0. The van der Waals surface area contributed by atoms with Crippen molar-refractivity contribution in [1.29, 1.82) is 0 Å². The van der Waals surface area contributed by atoms with Crippen LogP contribution in [-0.2, 0) is 11.2 Å². The molecule has 8 heteroatoms. The van der Waals surface area contributed by atoms with Crippen molar-refractivity contribution in [1.82, 2.24) is 15.5 Å². The van der Waals surface area contributed by atoms with E-state index in [0.29, 0.717) is 25.7 Å². The molecule has 0 bridgehead atoms. The number of carbonyl (C=O) groups excluding carboxylic acids is 1. The van der Waals surface area contributed by atoms with Crippen LogP contribution in [0.4, 0.5) is 4.79 Å². The third-order valence-electron chi connectivity index (χ3n) is 3.83. The van der Waals surface area contributed by atoms with Crippen molar-refractivity contribution in [2.75, 3.05) is 33.3 Å². The minimum Gasteiger partial charge on any atom is -0.469 e. The molecule has 1 aliphatic rings. The van der Waals surface area contributed by atoms with E-state index in [1.165, 1.54) is 0 Å². The highest BCUT2D eigenvalue weighted by molar-refractivity contribution is 14.0. The highest BCUT2D eigenvalue weighted by Crippen LogP contribution is 2.11. The number of carbonyl (C=O) groups is 1. The number of hydrogen-bond acceptors (Lipinski definition) is 4. The summed E-state index contributed by atoms with van der Waals surface area (Å²) in [6, 6.07) is 4.17. The van der Waals surface area contributed by atoms with Gasteiger partial charge in [0.05, 0.1) is 12.9 Å². The van der Waals surface area contributed by atoms with Crippen LogP contribution in [0.3, 0.4) is 0 Å². The Balaban J connectivity index is 0.00000288. The van der Waals surface area contributed by atoms with Gasteiger partial charge in [0.25, 0.3) is 0 Å². The fraction of sp³-hybridized carbons (Fsp3) is 0.625. The first-order valence-electron chi connectivity index (χ1n) is 8.14. The lowest BCUT2D eigenvalue weighted by Gasteiger charge is -2.32. The van der Waals surface area contributed by atoms with Gasteiger partial charge in [-0.3, -0.25) is 4.99 Å². The molecule has 1 amide bonds. The number of piperidine rings is 1. The van der Waals surface area contributed by atoms with Crippen molar-refractivity contribution >= 4 is 36.0 Å². The first-order chi connectivity index (χ1) is 11.2. The predicted octanol–water partition coefficient (Wildman–Crippen LogP) is 2.23. The molecular formula is C16H27IN4O3. The molecule has 0 aromatic carbocycles. The summed E-state index contributed by atoms with van der Waals surface area (Å²) in [7, 11) is 1.76. The maximum atomic E-state index is 11.7. The maximum absolute atomic E-state index is 11.7. The molecule has 2 N–H and O–H groups in total. The van der Waals surface area contributed by atoms with Gasteiger partial charge in [0.15, 0.2) is 5.96 Å². The van der Waals surface area contributed by atoms with E-state index in [1.54, 1.807) is 18.2 Å². The average molecular weight is 450 g/mol. The van der Waals surface area contributed by atoms with Crippen molar-refractivity contribution in [2.24, 2.45) is 4.99 Å². The molecule has 1 aromatic rings. The minimum atomic E-state index is -0.216. The van der Waals surface area contributed by atoms with Gasteiger partial charge in [-0.15, -0.1) is 24.0 Å². The monoisotopic (exact) mass is 450 g/mol. The Labute approximate surface area is 160 Å². The number of rotatable bonds is 5. The molecule has 1 saturated heterocycles. The van der Waals surface area contributed by atoms with Crippen LogP contribution in [0.25, 0.3) is 0 Å². The first kappa shape index (κ1) is 20.6. The van der Waals surface area contributed by atoms with Gasteiger partial charge < -0.3 is 24.7 Å². The summed E-state index contributed by atoms with van der Waals surface area (Å²) in [5.74, 6) is 1.74. The van der Waals surface area contributed by atoms with Gasteiger partial charge >= 0.3 is 6.09 Å². The summed E-state index contributed by atoms with van der Waals surface area (Å²) in [6.07, 6.45) is 4.05. The number of nitrogens with zero attached hydrogens (tertiary/aromatic N) is 2. The molecule has 0 aliphatic carbocycles. The Hall–Kier alpha value is -1.45. The number of likely N-dealkylation sites (tertiary alicyclic amines) is 1. The Morgan fingerprint density at radius 2 is 2.21 bits per heavy atom. The van der Waals surface area contributed by atoms with Crippen molar-refractivity contribution in [3.8, 4) is 0 Å². The molecule has 1 aromatic heterocycles. The number of nitrogens with one attached hydrogen (secondary N) is 2. The Morgan fingerprint density at radius 1 is 1.46 bits per heavy atom. The second-order valence-electron chi connectivity index (χ2n) is 5.43. The zero-order valence-corrected chi connectivity index (χ0v) is 16.6. The van der Waals surface area contributed by atoms with Gasteiger partial charge in [-0.1, -0.05) is 0 Å². The molecule has 0 unspecified atom stereocenters. The van der Waals surface area contributed by atoms with Gasteiger partial charge in [0.2, 0.25) is 0 Å². The third kappa shape index (κ3) is 6.58. The molecular weight excluding hydrogens is 423 g/mol. The summed E-state index contributed by atoms with van der Waals surface area (Å²) in [6.45, 7) is 4.42. The quantitative estimate of drug-likeness (QED) is 0.409. The van der Waals surface area contributed by atoms with Crippen LogP contribution in [0.5, 0.6) is 0 Å². The summed E-state index contributed by atoms with van der Waals surface area (Å²) < 4.78 is 10.3. The van der Waals surface area contributed by atoms with E-state index in [1.807, 2.05) is 19.1 Å². The second kappa shape index (κ2) is 11.2. The summed E-state index contributed by atoms with van der Waals surface area (Å²) in [4.78, 5) is 17.7. The molecule has 7 nitrogen and oxygen atoms in total. The van der Waals surface area contributed by atoms with Crippen molar-refractivity contribution in [2.45, 2.75) is 32.2 Å². The van der Waals surface area contributed by atoms with E-state index in [9.17, 15) is 4.79 Å². The molecule has 1 aliphatic heterocycles. The van der Waals surface area contributed by atoms with E-state index in [0.717, 1.165) is 37.5 Å². The molecule has 1 fully saturated rings. The zero-order chi connectivity index (χ0) is 16.5. The van der Waals surface area contributed by atoms with E-state index < -0.39 is 0 Å². The molecule has 0 spiro atoms. The number of aliphatic imine (C=N–C) groups is 1. The largest absolute Gasteiger partial charge is 0.469 e. The smallest absolute Gasteiger partial charge is 0.409 e. The SMILES string of the molecule is CCOC(=O)N1CCC(NC(=NC)NCCc2ccco2)CC1.I. The van der Waals surface area contributed by atoms with Crippen LogP contribution >= 0.6 is 24.0 Å². The first-order valence-corrected chi connectivity index (χ1v) is 8.14. The molecule has 0 saturated carbocycles. The zero-order valence-electron chi connectivity index (χ0n) is 14.3. The molecule has 2 heterocycles. The topological polar surface area (TPSA) is 79.1 Å². The van der Waals surface area contributed by atoms with E-state index >= 15 is 0 Å². The van der Waals surface area contributed by atoms with Crippen LogP contribution in [0.1, 0.15) is 25.5 Å². The van der Waals surface area contributed by atoms with Crippen LogP contribution in [0, 0.1) is 0 Å². The molecule has 0 atom stereocenters. The Morgan fingerprint density at radius 3 is 2.79 bits per heavy atom. The number of furan rings is 1. The number of ether oxygens (including phenoxy) is 1. The Kier molecular flexibility index (Phi) is 9.58. The van der Waals surface area contributed by atoms with Crippen LogP contribution in [-0.4, -0.2) is 56.3 Å². The average Bonchev–Trinajstić information content (AvgIpc) is 3.08. The van der Waals surface area contributed by atoms with Crippen LogP contribution in [0.2, 0.25) is 0 Å². The van der Waals surface area contributed by atoms with Crippen molar-refractivity contribution < 1.29 is 13.9 Å². The van der Waals surface area contributed by atoms with Gasteiger partial charge in [-0.25, -0.2) is 4.79 Å². The number of amides is 1. The number of guanidine groups is 1. The van der Waals surface area contributed by atoms with Crippen molar-refractivity contribution in [3.05, 3.63) is 24.2 Å². The summed E-state index contributed by atoms with van der Waals surface area (Å²) in [5.41, 5.74) is 0. The highest BCUT2D eigenvalue weighted by atomic mass is 127. The fourth-order valence-electron chi connectivity index (χ4n) is 2.57. The minimum absolute atomic E-state index is 0. The van der Waals surface area contributed by atoms with E-state index in [4.69, 9.17) is 9.15 Å². The van der Waals surface area contributed by atoms with Gasteiger partial charge in [-0.2, -0.15) is 0 Å². The van der Waals surface area contributed by atoms with Crippen LogP contribution < -0.4 is 10.6 Å². The standard InChI is InChI=1S/C16H26N4O3.HI/c1-3-22-16(21)20-10-7-13(8-11-20)19-15(17-2)18-9-6-14-5-4-12-23-14;/h4-5,12-13H,3,6-11H2,1-2H3,(H2,17,18,19);1H. The highest BCUT2D eigenvalue weighted by Gasteiger charge is 2.23. The van der Waals surface area contributed by atoms with E-state index in [2.05, 4.69) is 15.6 Å². The second-order valence-corrected chi connectivity index (χ2v) is 5.43. The van der Waals surface area contributed by atoms with E-state index in [-0.39, 0.29) is 30.1 Å². The fourth-order valence-corrected chi connectivity index (χ4v) is 2.57. The lowest BCUT2D eigenvalue weighted by molar-refractivity contribution is 0.0963. The van der Waals surface area contributed by atoms with Gasteiger partial charge in [0.1, 0.15) is 5.76 Å². The van der Waals surface area contributed by atoms with Gasteiger partial charge in [-0.05, 0) is 31.9 Å². The molecule has 2 rings (SSSR count). The molecule has 24 heavy (non-hydrogen) atoms. The van der Waals surface area contributed by atoms with Crippen LogP contribution in [0.15, 0.2) is 27.8 Å². The lowest BCUT2D eigenvalue weighted by Crippen LogP contribution is -2.50. The lowest BCUT2D eigenvalue weighted by atomic mass is 10.1. The number of hydrogen-bond donors (Lipinski definition) is 2. The van der Waals surface area contributed by atoms with Crippen molar-refractivity contribution in [3.63, 3.8) is 0 Å². The predicted molar refractivity (Wildman–Crippen MR) is 104 cm³/mol. The normalized spacial score (nSPS) is 15.6. The molecule has 136 valence electrons. The van der Waals surface area contributed by atoms with Gasteiger partial charge in [0, 0.05) is 39.1 Å². The summed E-state index contributed by atoms with van der Waals surface area (Å²) in [5, 5.41) is 6.69.